The molecule has 2 aromatic heterocycles. The second-order valence-electron chi connectivity index (χ2n) is 6.48. The van der Waals surface area contributed by atoms with E-state index in [1.807, 2.05) is 0 Å². The number of pyridine rings is 1. The number of rotatable bonds is 3. The van der Waals surface area contributed by atoms with Crippen LogP contribution in [-0.4, -0.2) is 27.5 Å². The van der Waals surface area contributed by atoms with Crippen molar-refractivity contribution in [3.63, 3.8) is 0 Å². The van der Waals surface area contributed by atoms with Crippen LogP contribution in [0.5, 0.6) is 5.75 Å². The number of benzene rings is 1. The van der Waals surface area contributed by atoms with Crippen molar-refractivity contribution in [1.82, 2.24) is 20.3 Å². The Morgan fingerprint density at radius 3 is 2.55 bits per heavy atom. The second kappa shape index (κ2) is 7.16. The maximum atomic E-state index is 13.0. The lowest BCUT2D eigenvalue weighted by Crippen LogP contribution is -2.50. The van der Waals surface area contributed by atoms with Crippen molar-refractivity contribution in [2.75, 3.05) is 6.61 Å². The summed E-state index contributed by atoms with van der Waals surface area (Å²) in [6.07, 6.45) is 0.0584. The van der Waals surface area contributed by atoms with Crippen LogP contribution in [-0.2, 0) is 11.7 Å². The average molecular weight is 400 g/mol. The lowest BCUT2D eigenvalue weighted by molar-refractivity contribution is -0.137. The predicted molar refractivity (Wildman–Crippen MR) is 96.1 cm³/mol. The van der Waals surface area contributed by atoms with Crippen LogP contribution in [0, 0.1) is 0 Å². The maximum absolute atomic E-state index is 13.0. The molecule has 0 fully saturated rings. The Hall–Kier alpha value is -3.49. The molecule has 0 saturated heterocycles. The first-order chi connectivity index (χ1) is 13.9. The van der Waals surface area contributed by atoms with Gasteiger partial charge in [-0.2, -0.15) is 13.2 Å². The van der Waals surface area contributed by atoms with E-state index >= 15 is 0 Å². The molecule has 1 aromatic carbocycles. The SMILES string of the molecule is O=C(N[C@]1(c2ccc(C(F)(F)F)cc2)CCOc2cccnc21)c1ccncn1. The minimum atomic E-state index is -4.46. The van der Waals surface area contributed by atoms with E-state index in [2.05, 4.69) is 20.3 Å². The van der Waals surface area contributed by atoms with Crippen LogP contribution < -0.4 is 10.1 Å². The number of nitrogens with zero attached hydrogens (tertiary/aromatic N) is 3. The fourth-order valence-corrected chi connectivity index (χ4v) is 3.36. The van der Waals surface area contributed by atoms with Gasteiger partial charge < -0.3 is 10.1 Å². The molecule has 1 amide bonds. The Labute approximate surface area is 163 Å². The van der Waals surface area contributed by atoms with Crippen molar-refractivity contribution in [3.05, 3.63) is 83.7 Å². The second-order valence-corrected chi connectivity index (χ2v) is 6.48. The molecule has 6 nitrogen and oxygen atoms in total. The zero-order valence-corrected chi connectivity index (χ0v) is 15.0. The molecule has 148 valence electrons. The molecule has 0 bridgehead atoms. The number of fused-ring (bicyclic) bond motifs is 1. The minimum absolute atomic E-state index is 0.134. The first kappa shape index (κ1) is 18.9. The third-order valence-electron chi connectivity index (χ3n) is 4.76. The summed E-state index contributed by atoms with van der Waals surface area (Å²) in [5.74, 6) is -0.0348. The van der Waals surface area contributed by atoms with E-state index in [4.69, 9.17) is 4.74 Å². The Bertz CT molecular complexity index is 1030. The normalized spacial score (nSPS) is 18.4. The van der Waals surface area contributed by atoms with Gasteiger partial charge in [-0.1, -0.05) is 12.1 Å². The van der Waals surface area contributed by atoms with Gasteiger partial charge in [0.1, 0.15) is 29.0 Å². The van der Waals surface area contributed by atoms with Gasteiger partial charge in [0, 0.05) is 18.8 Å². The van der Waals surface area contributed by atoms with Gasteiger partial charge in [0.25, 0.3) is 5.91 Å². The Kier molecular flexibility index (Phi) is 4.65. The van der Waals surface area contributed by atoms with E-state index in [1.54, 1.807) is 18.3 Å². The lowest BCUT2D eigenvalue weighted by atomic mass is 9.81. The van der Waals surface area contributed by atoms with Crippen LogP contribution in [0.2, 0.25) is 0 Å². The monoisotopic (exact) mass is 400 g/mol. The van der Waals surface area contributed by atoms with Gasteiger partial charge >= 0.3 is 6.18 Å². The molecule has 0 spiro atoms. The number of amides is 1. The number of carbonyl (C=O) groups is 1. The molecule has 1 aliphatic rings. The fourth-order valence-electron chi connectivity index (χ4n) is 3.36. The van der Waals surface area contributed by atoms with Gasteiger partial charge in [0.2, 0.25) is 0 Å². The summed E-state index contributed by atoms with van der Waals surface area (Å²) in [5, 5.41) is 2.93. The first-order valence-corrected chi connectivity index (χ1v) is 8.75. The maximum Gasteiger partial charge on any atom is 0.416 e. The number of carbonyl (C=O) groups excluding carboxylic acids is 1. The topological polar surface area (TPSA) is 77.0 Å². The molecular formula is C20H15F3N4O2. The van der Waals surface area contributed by atoms with E-state index in [0.29, 0.717) is 23.4 Å². The van der Waals surface area contributed by atoms with Crippen molar-refractivity contribution in [2.24, 2.45) is 0 Å². The van der Waals surface area contributed by atoms with Gasteiger partial charge in [-0.05, 0) is 35.9 Å². The van der Waals surface area contributed by atoms with E-state index < -0.39 is 23.2 Å². The van der Waals surface area contributed by atoms with Crippen molar-refractivity contribution >= 4 is 5.91 Å². The van der Waals surface area contributed by atoms with Crippen LogP contribution in [0.3, 0.4) is 0 Å². The summed E-state index contributed by atoms with van der Waals surface area (Å²) in [7, 11) is 0. The highest BCUT2D eigenvalue weighted by Crippen LogP contribution is 2.41. The highest BCUT2D eigenvalue weighted by molar-refractivity contribution is 5.93. The highest BCUT2D eigenvalue weighted by atomic mass is 19.4. The number of halogens is 3. The Balaban J connectivity index is 1.82. The van der Waals surface area contributed by atoms with Crippen molar-refractivity contribution in [1.29, 1.82) is 0 Å². The third kappa shape index (κ3) is 3.51. The van der Waals surface area contributed by atoms with E-state index in [0.717, 1.165) is 12.1 Å². The number of nitrogens with one attached hydrogen (secondary N) is 1. The van der Waals surface area contributed by atoms with Crippen molar-refractivity contribution in [2.45, 2.75) is 18.1 Å². The zero-order chi connectivity index (χ0) is 20.5. The summed E-state index contributed by atoms with van der Waals surface area (Å²) in [5.41, 5.74) is -0.910. The largest absolute Gasteiger partial charge is 0.491 e. The van der Waals surface area contributed by atoms with Gasteiger partial charge in [-0.3, -0.25) is 9.78 Å². The summed E-state index contributed by atoms with van der Waals surface area (Å²) in [6, 6.07) is 9.54. The highest BCUT2D eigenvalue weighted by Gasteiger charge is 2.43. The standard InChI is InChI=1S/C20H15F3N4O2/c21-20(22,23)14-5-3-13(4-6-14)19(27-18(28)15-7-10-24-12-26-15)8-11-29-16-2-1-9-25-17(16)19/h1-7,9-10,12H,8,11H2,(H,27,28)/t19-/m0/s1. The predicted octanol–water partition coefficient (Wildman–Crippen LogP) is 3.35. The molecular weight excluding hydrogens is 385 g/mol. The van der Waals surface area contributed by atoms with Gasteiger partial charge in [-0.15, -0.1) is 0 Å². The Morgan fingerprint density at radius 2 is 1.86 bits per heavy atom. The first-order valence-electron chi connectivity index (χ1n) is 8.75. The number of hydrogen-bond donors (Lipinski definition) is 1. The van der Waals surface area contributed by atoms with Crippen LogP contribution in [0.4, 0.5) is 13.2 Å². The van der Waals surface area contributed by atoms with E-state index in [1.165, 1.54) is 30.7 Å². The number of ether oxygens (including phenoxy) is 1. The molecule has 9 heteroatoms. The minimum Gasteiger partial charge on any atom is -0.491 e. The van der Waals surface area contributed by atoms with Crippen LogP contribution in [0.1, 0.15) is 33.7 Å². The fraction of sp³-hybridized carbons (Fsp3) is 0.200. The van der Waals surface area contributed by atoms with Gasteiger partial charge in [0.15, 0.2) is 0 Å². The number of aromatic nitrogens is 3. The molecule has 0 aliphatic carbocycles. The lowest BCUT2D eigenvalue weighted by Gasteiger charge is -2.39. The summed E-state index contributed by atoms with van der Waals surface area (Å²) in [6.45, 7) is 0.254. The van der Waals surface area contributed by atoms with Crippen LogP contribution >= 0.6 is 0 Å². The summed E-state index contributed by atoms with van der Waals surface area (Å²) in [4.78, 5) is 25.0. The van der Waals surface area contributed by atoms with Gasteiger partial charge in [0.05, 0.1) is 12.2 Å². The summed E-state index contributed by atoms with van der Waals surface area (Å²) >= 11 is 0. The average Bonchev–Trinajstić information content (AvgIpc) is 2.74. The molecule has 3 aromatic rings. The van der Waals surface area contributed by atoms with E-state index in [9.17, 15) is 18.0 Å². The van der Waals surface area contributed by atoms with Crippen molar-refractivity contribution in [3.8, 4) is 5.75 Å². The molecule has 1 aliphatic heterocycles. The molecule has 0 saturated carbocycles. The quantitative estimate of drug-likeness (QED) is 0.730. The molecule has 4 rings (SSSR count). The molecule has 1 N–H and O–H groups in total. The van der Waals surface area contributed by atoms with E-state index in [-0.39, 0.29) is 12.3 Å². The molecule has 29 heavy (non-hydrogen) atoms. The van der Waals surface area contributed by atoms with Crippen LogP contribution in [0.25, 0.3) is 0 Å². The van der Waals surface area contributed by atoms with Crippen molar-refractivity contribution < 1.29 is 22.7 Å². The number of hydrogen-bond acceptors (Lipinski definition) is 5. The Morgan fingerprint density at radius 1 is 1.07 bits per heavy atom. The van der Waals surface area contributed by atoms with Crippen LogP contribution in [0.15, 0.2) is 61.2 Å². The third-order valence-corrected chi connectivity index (χ3v) is 4.76. The molecule has 0 unspecified atom stereocenters. The summed E-state index contributed by atoms with van der Waals surface area (Å²) < 4.78 is 44.7. The van der Waals surface area contributed by atoms with Gasteiger partial charge in [-0.25, -0.2) is 9.97 Å². The smallest absolute Gasteiger partial charge is 0.416 e. The number of alkyl halides is 3. The molecule has 0 radical (unpaired) electrons. The molecule has 3 heterocycles. The molecule has 1 atom stereocenters. The zero-order valence-electron chi connectivity index (χ0n) is 15.0.